The van der Waals surface area contributed by atoms with Gasteiger partial charge >= 0.3 is 65.1 Å². The topological polar surface area (TPSA) is 137 Å². The molecule has 12 heavy (non-hydrogen) atoms. The van der Waals surface area contributed by atoms with Crippen molar-refractivity contribution in [1.29, 1.82) is 0 Å². The molecule has 0 aliphatic rings. The average molecular weight is 191 g/mol. The van der Waals surface area contributed by atoms with Crippen LogP contribution >= 0.6 is 0 Å². The summed E-state index contributed by atoms with van der Waals surface area (Å²) in [5.74, 6) is 0. The van der Waals surface area contributed by atoms with Crippen molar-refractivity contribution in [2.24, 2.45) is 0 Å². The van der Waals surface area contributed by atoms with Crippen LogP contribution < -0.4 is 69.3 Å². The smallest absolute Gasteiger partial charge is 0.844 e. The molecule has 56 valence electrons. The number of hydrogen-bond donors (Lipinski definition) is 1. The van der Waals surface area contributed by atoms with Crippen molar-refractivity contribution >= 4 is 0 Å². The first-order valence-corrected chi connectivity index (χ1v) is 1.97. The van der Waals surface area contributed by atoms with Crippen molar-refractivity contribution in [2.45, 2.75) is 0 Å². The van der Waals surface area contributed by atoms with Crippen molar-refractivity contribution < 1.29 is 79.9 Å². The van der Waals surface area contributed by atoms with E-state index >= 15 is 0 Å². The maximum absolute atomic E-state index is 10.1. The number of aromatic nitrogens is 3. The van der Waals surface area contributed by atoms with Gasteiger partial charge in [-0.25, -0.2) is 4.98 Å². The van der Waals surface area contributed by atoms with Crippen LogP contribution in [0.5, 0.6) is 18.0 Å². The van der Waals surface area contributed by atoms with Crippen molar-refractivity contribution in [1.82, 2.24) is 15.0 Å². The van der Waals surface area contributed by atoms with E-state index in [2.05, 4.69) is 15.0 Å². The Balaban J connectivity index is -0.000000270. The monoisotopic (exact) mass is 191 g/mol. The van der Waals surface area contributed by atoms with E-state index in [0.29, 0.717) is 0 Å². The summed E-state index contributed by atoms with van der Waals surface area (Å²) >= 11 is 0. The standard InChI is InChI=1S/C3H3N3O3.2Na.H2O/c7-1-4-2(8)6-3(9)5-1;;;/h(H3,4,5,6,7,8,9);;;1H2/q;2*+1;/p-2. The van der Waals surface area contributed by atoms with Gasteiger partial charge in [0.1, 0.15) is 0 Å². The average Bonchev–Trinajstić information content (AvgIpc) is 1.59. The van der Waals surface area contributed by atoms with Crippen LogP contribution in [0.2, 0.25) is 0 Å². The molecule has 0 fully saturated rings. The van der Waals surface area contributed by atoms with Crippen LogP contribution in [0.3, 0.4) is 0 Å². The van der Waals surface area contributed by atoms with Gasteiger partial charge in [0.2, 0.25) is 0 Å². The van der Waals surface area contributed by atoms with E-state index in [4.69, 9.17) is 5.11 Å². The Kier molecular flexibility index (Phi) is 12.1. The van der Waals surface area contributed by atoms with E-state index in [1.54, 1.807) is 0 Å². The molecule has 0 bridgehead atoms. The zero-order valence-corrected chi connectivity index (χ0v) is 10.6. The SMILES string of the molecule is O.[Na+].[Na+].[O-]c1nc([O-])nc(O)n1. The van der Waals surface area contributed by atoms with Gasteiger partial charge in [0.15, 0.2) is 0 Å². The predicted molar refractivity (Wildman–Crippen MR) is 24.0 cm³/mol. The number of nitrogens with zero attached hydrogens (tertiary/aromatic N) is 3. The molecule has 0 atom stereocenters. The third-order valence-electron chi connectivity index (χ3n) is 0.583. The number of hydrogen-bond acceptors (Lipinski definition) is 6. The van der Waals surface area contributed by atoms with Crippen molar-refractivity contribution in [2.75, 3.05) is 0 Å². The Hall–Kier alpha value is 0.370. The minimum Gasteiger partial charge on any atom is -0.844 e. The number of aromatic hydroxyl groups is 1. The molecule has 0 saturated carbocycles. The molecule has 0 amide bonds. The number of rotatable bonds is 0. The summed E-state index contributed by atoms with van der Waals surface area (Å²) in [4.78, 5) is 8.37. The van der Waals surface area contributed by atoms with Gasteiger partial charge in [-0.05, 0) is 0 Å². The van der Waals surface area contributed by atoms with Crippen molar-refractivity contribution in [3.63, 3.8) is 0 Å². The second kappa shape index (κ2) is 7.99. The molecular weight excluding hydrogens is 188 g/mol. The Morgan fingerprint density at radius 1 is 0.917 bits per heavy atom. The molecular formula is C3H3N3Na2O4. The van der Waals surface area contributed by atoms with Gasteiger partial charge < -0.3 is 20.8 Å². The molecule has 0 unspecified atom stereocenters. The van der Waals surface area contributed by atoms with E-state index in [-0.39, 0.29) is 64.6 Å². The quantitative estimate of drug-likeness (QED) is 0.404. The van der Waals surface area contributed by atoms with Gasteiger partial charge in [0.25, 0.3) is 0 Å². The fourth-order valence-electron chi connectivity index (χ4n) is 0.328. The molecule has 0 aliphatic carbocycles. The first kappa shape index (κ1) is 18.2. The molecule has 7 nitrogen and oxygen atoms in total. The van der Waals surface area contributed by atoms with E-state index in [0.717, 1.165) is 0 Å². The molecule has 1 aromatic heterocycles. The van der Waals surface area contributed by atoms with Gasteiger partial charge in [-0.3, -0.25) is 0 Å². The van der Waals surface area contributed by atoms with Crippen LogP contribution in [0.15, 0.2) is 0 Å². The normalized spacial score (nSPS) is 7.00. The van der Waals surface area contributed by atoms with Crippen LogP contribution in [-0.4, -0.2) is 25.5 Å². The largest absolute Gasteiger partial charge is 1.00 e. The first-order chi connectivity index (χ1) is 4.18. The van der Waals surface area contributed by atoms with Gasteiger partial charge in [0, 0.05) is 0 Å². The van der Waals surface area contributed by atoms with Gasteiger partial charge in [-0.2, -0.15) is 9.97 Å². The predicted octanol–water partition coefficient (Wildman–Crippen LogP) is -9.09. The molecule has 0 aromatic carbocycles. The van der Waals surface area contributed by atoms with Gasteiger partial charge in [-0.15, -0.1) is 0 Å². The van der Waals surface area contributed by atoms with Crippen LogP contribution in [-0.2, 0) is 0 Å². The fraction of sp³-hybridized carbons (Fsp3) is 0. The molecule has 0 radical (unpaired) electrons. The van der Waals surface area contributed by atoms with Crippen LogP contribution in [0.4, 0.5) is 0 Å². The zero-order chi connectivity index (χ0) is 6.85. The van der Waals surface area contributed by atoms with Crippen LogP contribution in [0.1, 0.15) is 0 Å². The van der Waals surface area contributed by atoms with Gasteiger partial charge in [0.05, 0.1) is 12.0 Å². The van der Waals surface area contributed by atoms with Crippen LogP contribution in [0, 0.1) is 0 Å². The third-order valence-corrected chi connectivity index (χ3v) is 0.583. The Morgan fingerprint density at radius 3 is 1.50 bits per heavy atom. The minimum absolute atomic E-state index is 0. The molecule has 9 heteroatoms. The Labute approximate surface area is 112 Å². The molecule has 1 aromatic rings. The summed E-state index contributed by atoms with van der Waals surface area (Å²) in [5.41, 5.74) is 0. The summed E-state index contributed by atoms with van der Waals surface area (Å²) in [7, 11) is 0. The zero-order valence-electron chi connectivity index (χ0n) is 6.61. The minimum atomic E-state index is -1.02. The molecule has 0 spiro atoms. The van der Waals surface area contributed by atoms with E-state index in [1.165, 1.54) is 0 Å². The first-order valence-electron chi connectivity index (χ1n) is 1.97. The van der Waals surface area contributed by atoms with Gasteiger partial charge in [-0.1, -0.05) is 0 Å². The van der Waals surface area contributed by atoms with Crippen molar-refractivity contribution in [3.05, 3.63) is 0 Å². The molecule has 1 rings (SSSR count). The maximum atomic E-state index is 10.1. The maximum Gasteiger partial charge on any atom is 1.00 e. The summed E-state index contributed by atoms with van der Waals surface area (Å²) in [6.45, 7) is 0. The summed E-state index contributed by atoms with van der Waals surface area (Å²) in [5, 5.41) is 28.5. The fourth-order valence-corrected chi connectivity index (χ4v) is 0.328. The Morgan fingerprint density at radius 2 is 1.25 bits per heavy atom. The van der Waals surface area contributed by atoms with Crippen molar-refractivity contribution in [3.8, 4) is 18.0 Å². The summed E-state index contributed by atoms with van der Waals surface area (Å²) in [6.07, 6.45) is 0. The second-order valence-corrected chi connectivity index (χ2v) is 1.20. The molecule has 0 aliphatic heterocycles. The van der Waals surface area contributed by atoms with E-state index in [9.17, 15) is 10.2 Å². The van der Waals surface area contributed by atoms with E-state index in [1.807, 2.05) is 0 Å². The molecule has 0 saturated heterocycles. The third kappa shape index (κ3) is 5.95. The Bertz CT molecular complexity index is 184. The van der Waals surface area contributed by atoms with Crippen LogP contribution in [0.25, 0.3) is 0 Å². The summed E-state index contributed by atoms with van der Waals surface area (Å²) in [6, 6.07) is -2.88. The molecule has 1 heterocycles. The molecule has 3 N–H and O–H groups in total. The van der Waals surface area contributed by atoms with E-state index < -0.39 is 18.0 Å². The summed E-state index contributed by atoms with van der Waals surface area (Å²) < 4.78 is 0. The second-order valence-electron chi connectivity index (χ2n) is 1.20.